The lowest BCUT2D eigenvalue weighted by Gasteiger charge is -2.22. The van der Waals surface area contributed by atoms with Crippen LogP contribution < -0.4 is 16.6 Å². The number of rotatable bonds is 4. The minimum atomic E-state index is -1.10. The molecule has 0 fully saturated rings. The average Bonchev–Trinajstić information content (AvgIpc) is 2.46. The standard InChI is InChI=1S/C14H13N3O3/c15-13(18)9-5-1-3-7-11(9)17(16)12-8-4-2-6-10(12)14(19)20/h1-8H,16H2,(H2,15,18)(H,19,20). The molecule has 1 amide bonds. The fraction of sp³-hybridized carbons (Fsp3) is 0. The van der Waals surface area contributed by atoms with Crippen LogP contribution in [-0.2, 0) is 0 Å². The lowest BCUT2D eigenvalue weighted by molar-refractivity contribution is 0.0697. The Balaban J connectivity index is 2.55. The Morgan fingerprint density at radius 3 is 1.85 bits per heavy atom. The Hall–Kier alpha value is -2.86. The molecule has 20 heavy (non-hydrogen) atoms. The van der Waals surface area contributed by atoms with E-state index in [0.29, 0.717) is 5.69 Å². The number of anilines is 2. The van der Waals surface area contributed by atoms with E-state index in [1.54, 1.807) is 36.4 Å². The molecule has 6 heteroatoms. The van der Waals surface area contributed by atoms with Gasteiger partial charge in [0.25, 0.3) is 5.91 Å². The van der Waals surface area contributed by atoms with E-state index >= 15 is 0 Å². The first-order valence-corrected chi connectivity index (χ1v) is 5.78. The molecule has 0 aromatic heterocycles. The van der Waals surface area contributed by atoms with Gasteiger partial charge in [0, 0.05) is 0 Å². The van der Waals surface area contributed by atoms with Crippen LogP contribution in [-0.4, -0.2) is 17.0 Å². The summed E-state index contributed by atoms with van der Waals surface area (Å²) >= 11 is 0. The second-order valence-electron chi connectivity index (χ2n) is 4.07. The highest BCUT2D eigenvalue weighted by Gasteiger charge is 2.18. The zero-order chi connectivity index (χ0) is 14.7. The van der Waals surface area contributed by atoms with E-state index in [1.165, 1.54) is 12.1 Å². The van der Waals surface area contributed by atoms with Gasteiger partial charge in [0.05, 0.1) is 22.5 Å². The van der Waals surface area contributed by atoms with Gasteiger partial charge in [-0.3, -0.25) is 9.80 Å². The van der Waals surface area contributed by atoms with Crippen LogP contribution in [0.3, 0.4) is 0 Å². The summed E-state index contributed by atoms with van der Waals surface area (Å²) in [6, 6.07) is 12.7. The van der Waals surface area contributed by atoms with Crippen LogP contribution in [0, 0.1) is 0 Å². The van der Waals surface area contributed by atoms with Crippen molar-refractivity contribution >= 4 is 23.3 Å². The largest absolute Gasteiger partial charge is 0.478 e. The molecule has 0 aliphatic carbocycles. The summed E-state index contributed by atoms with van der Waals surface area (Å²) in [5.74, 6) is 4.22. The number of nitrogens with zero attached hydrogens (tertiary/aromatic N) is 1. The zero-order valence-corrected chi connectivity index (χ0v) is 10.5. The van der Waals surface area contributed by atoms with Crippen molar-refractivity contribution in [3.05, 3.63) is 59.7 Å². The van der Waals surface area contributed by atoms with Crippen molar-refractivity contribution < 1.29 is 14.7 Å². The topological polar surface area (TPSA) is 110 Å². The van der Waals surface area contributed by atoms with Gasteiger partial charge in [-0.25, -0.2) is 10.6 Å². The summed E-state index contributed by atoms with van der Waals surface area (Å²) in [4.78, 5) is 22.6. The summed E-state index contributed by atoms with van der Waals surface area (Å²) in [7, 11) is 0. The van der Waals surface area contributed by atoms with Crippen molar-refractivity contribution in [3.8, 4) is 0 Å². The zero-order valence-electron chi connectivity index (χ0n) is 10.5. The highest BCUT2D eigenvalue weighted by atomic mass is 16.4. The number of hydrogen-bond acceptors (Lipinski definition) is 4. The van der Waals surface area contributed by atoms with Crippen LogP contribution in [0.4, 0.5) is 11.4 Å². The van der Waals surface area contributed by atoms with Gasteiger partial charge in [0.15, 0.2) is 0 Å². The maximum absolute atomic E-state index is 11.4. The van der Waals surface area contributed by atoms with Crippen LogP contribution in [0.1, 0.15) is 20.7 Å². The van der Waals surface area contributed by atoms with Crippen LogP contribution in [0.25, 0.3) is 0 Å². The third-order valence-corrected chi connectivity index (χ3v) is 2.82. The molecule has 2 aromatic rings. The number of hydrogen-bond donors (Lipinski definition) is 3. The van der Waals surface area contributed by atoms with E-state index in [-0.39, 0.29) is 16.8 Å². The maximum Gasteiger partial charge on any atom is 0.337 e. The second-order valence-corrected chi connectivity index (χ2v) is 4.07. The highest BCUT2D eigenvalue weighted by molar-refractivity contribution is 6.01. The van der Waals surface area contributed by atoms with Crippen molar-refractivity contribution in [1.29, 1.82) is 0 Å². The van der Waals surface area contributed by atoms with Gasteiger partial charge in [-0.2, -0.15) is 0 Å². The molecule has 5 N–H and O–H groups in total. The van der Waals surface area contributed by atoms with Crippen LogP contribution >= 0.6 is 0 Å². The van der Waals surface area contributed by atoms with E-state index in [9.17, 15) is 9.59 Å². The monoisotopic (exact) mass is 271 g/mol. The first kappa shape index (κ1) is 13.6. The minimum absolute atomic E-state index is 0.0364. The fourth-order valence-electron chi connectivity index (χ4n) is 1.89. The summed E-state index contributed by atoms with van der Waals surface area (Å²) in [5.41, 5.74) is 6.16. The summed E-state index contributed by atoms with van der Waals surface area (Å²) < 4.78 is 0. The molecule has 0 aliphatic heterocycles. The molecule has 0 atom stereocenters. The molecule has 0 unspecified atom stereocenters. The molecular weight excluding hydrogens is 258 g/mol. The quantitative estimate of drug-likeness (QED) is 0.576. The number of carboxylic acids is 1. The first-order chi connectivity index (χ1) is 9.52. The molecule has 102 valence electrons. The van der Waals surface area contributed by atoms with E-state index in [1.807, 2.05) is 0 Å². The van der Waals surface area contributed by atoms with Crippen LogP contribution in [0.5, 0.6) is 0 Å². The van der Waals surface area contributed by atoms with Crippen molar-refractivity contribution in [2.75, 3.05) is 5.01 Å². The Kier molecular flexibility index (Phi) is 3.67. The van der Waals surface area contributed by atoms with Gasteiger partial charge >= 0.3 is 5.97 Å². The second kappa shape index (κ2) is 5.41. The molecule has 6 nitrogen and oxygen atoms in total. The van der Waals surface area contributed by atoms with E-state index in [4.69, 9.17) is 16.7 Å². The number of primary amides is 1. The number of amides is 1. The molecule has 0 bridgehead atoms. The number of hydrazine groups is 1. The van der Waals surface area contributed by atoms with Gasteiger partial charge in [-0.15, -0.1) is 0 Å². The van der Waals surface area contributed by atoms with Crippen molar-refractivity contribution in [2.24, 2.45) is 11.6 Å². The number of aromatic carboxylic acids is 1. The smallest absolute Gasteiger partial charge is 0.337 e. The average molecular weight is 271 g/mol. The number of benzene rings is 2. The Labute approximate surface area is 115 Å². The van der Waals surface area contributed by atoms with Crippen LogP contribution in [0.2, 0.25) is 0 Å². The van der Waals surface area contributed by atoms with E-state index in [2.05, 4.69) is 0 Å². The number of carboxylic acid groups (broad SMARTS) is 1. The normalized spacial score (nSPS) is 10.1. The SMILES string of the molecule is NC(=O)c1ccccc1N(N)c1ccccc1C(=O)O. The first-order valence-electron chi connectivity index (χ1n) is 5.78. The third-order valence-electron chi connectivity index (χ3n) is 2.82. The van der Waals surface area contributed by atoms with Crippen molar-refractivity contribution in [2.45, 2.75) is 0 Å². The van der Waals surface area contributed by atoms with Gasteiger partial charge < -0.3 is 10.8 Å². The predicted octanol–water partition coefficient (Wildman–Crippen LogP) is 1.50. The van der Waals surface area contributed by atoms with Gasteiger partial charge in [0.2, 0.25) is 0 Å². The number of carbonyl (C=O) groups excluding carboxylic acids is 1. The van der Waals surface area contributed by atoms with Gasteiger partial charge in [0.1, 0.15) is 0 Å². The third kappa shape index (κ3) is 2.45. The Morgan fingerprint density at radius 2 is 1.35 bits per heavy atom. The predicted molar refractivity (Wildman–Crippen MR) is 74.7 cm³/mol. The molecule has 0 aliphatic rings. The summed E-state index contributed by atoms with van der Waals surface area (Å²) in [6.45, 7) is 0. The number of carbonyl (C=O) groups is 2. The number of nitrogens with two attached hydrogens (primary N) is 2. The molecule has 0 heterocycles. The van der Waals surface area contributed by atoms with Gasteiger partial charge in [-0.1, -0.05) is 24.3 Å². The Morgan fingerprint density at radius 1 is 0.900 bits per heavy atom. The van der Waals surface area contributed by atoms with Crippen molar-refractivity contribution in [1.82, 2.24) is 0 Å². The molecule has 0 saturated carbocycles. The summed E-state index contributed by atoms with van der Waals surface area (Å²) in [6.07, 6.45) is 0. The number of para-hydroxylation sites is 2. The molecular formula is C14H13N3O3. The van der Waals surface area contributed by atoms with E-state index in [0.717, 1.165) is 5.01 Å². The molecule has 0 spiro atoms. The van der Waals surface area contributed by atoms with Crippen molar-refractivity contribution in [3.63, 3.8) is 0 Å². The Bertz CT molecular complexity index is 613. The minimum Gasteiger partial charge on any atom is -0.478 e. The van der Waals surface area contributed by atoms with Gasteiger partial charge in [-0.05, 0) is 24.3 Å². The molecule has 2 rings (SSSR count). The lowest BCUT2D eigenvalue weighted by Crippen LogP contribution is -2.29. The fourth-order valence-corrected chi connectivity index (χ4v) is 1.89. The van der Waals surface area contributed by atoms with E-state index < -0.39 is 11.9 Å². The summed E-state index contributed by atoms with van der Waals surface area (Å²) in [5, 5.41) is 10.3. The molecule has 0 saturated heterocycles. The lowest BCUT2D eigenvalue weighted by atomic mass is 10.1. The molecule has 2 aromatic carbocycles. The highest BCUT2D eigenvalue weighted by Crippen LogP contribution is 2.28. The maximum atomic E-state index is 11.4. The van der Waals surface area contributed by atoms with Crippen LogP contribution in [0.15, 0.2) is 48.5 Å². The molecule has 0 radical (unpaired) electrons.